The van der Waals surface area contributed by atoms with Crippen molar-refractivity contribution in [2.24, 2.45) is 0 Å². The monoisotopic (exact) mass is 339 g/mol. The molecule has 0 saturated carbocycles. The van der Waals surface area contributed by atoms with Gasteiger partial charge in [-0.1, -0.05) is 24.3 Å². The van der Waals surface area contributed by atoms with Crippen LogP contribution in [0.3, 0.4) is 0 Å². The fourth-order valence-electron chi connectivity index (χ4n) is 0.393. The number of halogens is 2. The van der Waals surface area contributed by atoms with Crippen molar-refractivity contribution in [3.05, 3.63) is 24.3 Å². The fraction of sp³-hybridized carbons (Fsp3) is 0.636. The molecule has 0 aromatic carbocycles. The van der Waals surface area contributed by atoms with Crippen LogP contribution in [0, 0.1) is 0 Å². The van der Waals surface area contributed by atoms with Gasteiger partial charge < -0.3 is 0 Å². The summed E-state index contributed by atoms with van der Waals surface area (Å²) in [7, 11) is 10.5. The fourth-order valence-corrected chi connectivity index (χ4v) is 0.393. The van der Waals surface area contributed by atoms with Gasteiger partial charge in [-0.2, -0.15) is 0 Å². The molecular formula is C11H24Cl2P2V. The summed E-state index contributed by atoms with van der Waals surface area (Å²) in [6.07, 6.45) is 9.50. The first-order valence-corrected chi connectivity index (χ1v) is 14.0. The minimum absolute atomic E-state index is 0.368. The molecule has 0 atom stereocenters. The van der Waals surface area contributed by atoms with Gasteiger partial charge in [-0.25, -0.2) is 0 Å². The maximum absolute atomic E-state index is 4.86. The molecular weight excluding hydrogens is 316 g/mol. The van der Waals surface area contributed by atoms with E-state index in [1.165, 1.54) is 0 Å². The van der Waals surface area contributed by atoms with E-state index in [0.717, 1.165) is 6.42 Å². The summed E-state index contributed by atoms with van der Waals surface area (Å²) in [5.41, 5.74) is 0. The molecule has 0 saturated heterocycles. The Morgan fingerprint density at radius 2 is 1.00 bits per heavy atom. The van der Waals surface area contributed by atoms with Gasteiger partial charge in [0.25, 0.3) is 0 Å². The van der Waals surface area contributed by atoms with Crippen molar-refractivity contribution >= 4 is 35.5 Å². The number of hydrogen-bond donors (Lipinski definition) is 0. The first kappa shape index (κ1) is 22.7. The van der Waals surface area contributed by atoms with Crippen LogP contribution in [0.5, 0.6) is 0 Å². The van der Waals surface area contributed by atoms with Crippen LogP contribution in [-0.2, 0) is 14.4 Å². The third kappa shape index (κ3) is 77.1. The van der Waals surface area contributed by atoms with Crippen molar-refractivity contribution in [3.63, 3.8) is 0 Å². The molecule has 0 bridgehead atoms. The van der Waals surface area contributed by atoms with E-state index in [0.29, 0.717) is 15.8 Å². The van der Waals surface area contributed by atoms with E-state index in [1.54, 1.807) is 0 Å². The van der Waals surface area contributed by atoms with E-state index in [9.17, 15) is 0 Å². The van der Waals surface area contributed by atoms with E-state index in [2.05, 4.69) is 64.3 Å². The standard InChI is InChI=1S/C5H6.2C3H9P.2ClH.V/c1-2-4-5-3-1;2*1-4(2)3;;;/h1-4H,5H2;2*1-3H3;2*1H;/q;;;;;+2/p-2. The molecule has 1 aliphatic carbocycles. The topological polar surface area (TPSA) is 0 Å². The van der Waals surface area contributed by atoms with Gasteiger partial charge in [-0.3, -0.25) is 0 Å². The van der Waals surface area contributed by atoms with Gasteiger partial charge in [0.2, 0.25) is 0 Å². The van der Waals surface area contributed by atoms with Crippen molar-refractivity contribution in [2.75, 3.05) is 40.0 Å². The average Bonchev–Trinajstić information content (AvgIpc) is 2.57. The van der Waals surface area contributed by atoms with Crippen molar-refractivity contribution in [2.45, 2.75) is 6.42 Å². The number of allylic oxidation sites excluding steroid dienone is 4. The Morgan fingerprint density at radius 3 is 1.06 bits per heavy atom. The van der Waals surface area contributed by atoms with Crippen LogP contribution in [0.25, 0.3) is 0 Å². The Bertz CT molecular complexity index is 139. The molecule has 16 heavy (non-hydrogen) atoms. The number of hydrogen-bond acceptors (Lipinski definition) is 0. The van der Waals surface area contributed by atoms with Gasteiger partial charge >= 0.3 is 34.1 Å². The van der Waals surface area contributed by atoms with E-state index in [4.69, 9.17) is 19.7 Å². The van der Waals surface area contributed by atoms with Gasteiger partial charge in [0.1, 0.15) is 0 Å². The Hall–Kier alpha value is 1.50. The van der Waals surface area contributed by atoms with Crippen molar-refractivity contribution < 1.29 is 14.4 Å². The van der Waals surface area contributed by atoms with E-state index >= 15 is 0 Å². The van der Waals surface area contributed by atoms with Crippen LogP contribution >= 0.6 is 35.5 Å². The molecule has 0 aliphatic heterocycles. The van der Waals surface area contributed by atoms with Gasteiger partial charge in [-0.05, 0) is 46.4 Å². The summed E-state index contributed by atoms with van der Waals surface area (Å²) in [6.45, 7) is 13.4. The summed E-state index contributed by atoms with van der Waals surface area (Å²) >= 11 is -0.368. The Labute approximate surface area is 120 Å². The summed E-state index contributed by atoms with van der Waals surface area (Å²) in [4.78, 5) is 0. The van der Waals surface area contributed by atoms with Crippen LogP contribution in [0.15, 0.2) is 24.3 Å². The zero-order chi connectivity index (χ0) is 13.4. The molecule has 0 aromatic heterocycles. The van der Waals surface area contributed by atoms with Gasteiger partial charge in [0.05, 0.1) is 0 Å². The van der Waals surface area contributed by atoms with Gasteiger partial charge in [0.15, 0.2) is 0 Å². The van der Waals surface area contributed by atoms with Crippen LogP contribution in [0.4, 0.5) is 0 Å². The van der Waals surface area contributed by atoms with Crippen LogP contribution in [0.2, 0.25) is 0 Å². The van der Waals surface area contributed by atoms with Crippen molar-refractivity contribution in [1.82, 2.24) is 0 Å². The maximum atomic E-state index is 4.86. The molecule has 0 unspecified atom stereocenters. The second-order valence-corrected chi connectivity index (χ2v) is 11.5. The molecule has 0 fully saturated rings. The van der Waals surface area contributed by atoms with Crippen LogP contribution < -0.4 is 0 Å². The Morgan fingerprint density at radius 1 is 0.812 bits per heavy atom. The molecule has 0 N–H and O–H groups in total. The molecule has 97 valence electrons. The quantitative estimate of drug-likeness (QED) is 0.504. The Balaban J connectivity index is -0.000000144. The predicted octanol–water partition coefficient (Wildman–Crippen LogP) is 5.59. The molecule has 1 rings (SSSR count). The SMILES string of the molecule is C1=CCC=C1.CP(C)C.CP(C)C.[Cl][V][Cl]. The third-order valence-corrected chi connectivity index (χ3v) is 0.655. The summed E-state index contributed by atoms with van der Waals surface area (Å²) in [5.74, 6) is 0. The third-order valence-electron chi connectivity index (χ3n) is 0.655. The van der Waals surface area contributed by atoms with E-state index < -0.39 is 0 Å². The van der Waals surface area contributed by atoms with Crippen molar-refractivity contribution in [1.29, 1.82) is 0 Å². The minimum atomic E-state index is -0.368. The summed E-state index contributed by atoms with van der Waals surface area (Å²) in [6, 6.07) is 0. The average molecular weight is 340 g/mol. The van der Waals surface area contributed by atoms with Gasteiger partial charge in [0, 0.05) is 0 Å². The Kier molecular flexibility index (Phi) is 30.8. The second-order valence-electron chi connectivity index (χ2n) is 3.84. The first-order valence-electron chi connectivity index (χ1n) is 4.84. The molecule has 0 spiro atoms. The first-order chi connectivity index (χ1) is 7.38. The van der Waals surface area contributed by atoms with Crippen LogP contribution in [-0.4, -0.2) is 40.0 Å². The normalized spacial score (nSPS) is 10.9. The summed E-state index contributed by atoms with van der Waals surface area (Å²) in [5, 5.41) is 0. The molecule has 0 radical (unpaired) electrons. The zero-order valence-corrected chi connectivity index (χ0v) is 15.8. The molecule has 1 aliphatic rings. The molecule has 5 heteroatoms. The molecule has 0 amide bonds. The summed E-state index contributed by atoms with van der Waals surface area (Å²) < 4.78 is 0. The predicted molar refractivity (Wildman–Crippen MR) is 84.0 cm³/mol. The van der Waals surface area contributed by atoms with E-state index in [1.807, 2.05) is 0 Å². The molecule has 0 nitrogen and oxygen atoms in total. The van der Waals surface area contributed by atoms with E-state index in [-0.39, 0.29) is 14.4 Å². The van der Waals surface area contributed by atoms with Crippen LogP contribution in [0.1, 0.15) is 6.42 Å². The number of rotatable bonds is 0. The van der Waals surface area contributed by atoms with Gasteiger partial charge in [-0.15, -0.1) is 15.8 Å². The molecule has 0 aromatic rings. The second kappa shape index (κ2) is 21.8. The molecule has 0 heterocycles. The zero-order valence-electron chi connectivity index (χ0n) is 11.1. The van der Waals surface area contributed by atoms with Crippen molar-refractivity contribution in [3.8, 4) is 0 Å².